The third-order valence-electron chi connectivity index (χ3n) is 4.60. The van der Waals surface area contributed by atoms with Crippen molar-refractivity contribution in [1.29, 1.82) is 0 Å². The summed E-state index contributed by atoms with van der Waals surface area (Å²) in [4.78, 5) is 31.3. The third kappa shape index (κ3) is 9.67. The van der Waals surface area contributed by atoms with Crippen molar-refractivity contribution in [2.75, 3.05) is 28.4 Å². The Morgan fingerprint density at radius 3 is 1.80 bits per heavy atom. The van der Waals surface area contributed by atoms with Gasteiger partial charge in [0, 0.05) is 28.2 Å². The molecule has 1 N–H and O–H groups in total. The van der Waals surface area contributed by atoms with E-state index in [1.54, 1.807) is 30.3 Å². The van der Waals surface area contributed by atoms with Gasteiger partial charge >= 0.3 is 17.8 Å². The zero-order valence-electron chi connectivity index (χ0n) is 21.9. The van der Waals surface area contributed by atoms with Crippen molar-refractivity contribution in [3.63, 3.8) is 0 Å². The highest BCUT2D eigenvalue weighted by molar-refractivity contribution is 6.31. The first-order chi connectivity index (χ1) is 19.5. The molecular formula is C26H23Cl2NO12. The molecule has 2 aromatic heterocycles. The Hall–Kier alpha value is -4.88. The summed E-state index contributed by atoms with van der Waals surface area (Å²) in [5.41, 5.74) is 0. The van der Waals surface area contributed by atoms with Crippen molar-refractivity contribution in [3.8, 4) is 28.9 Å². The van der Waals surface area contributed by atoms with Crippen LogP contribution in [0.4, 0.5) is 5.88 Å². The summed E-state index contributed by atoms with van der Waals surface area (Å²) in [6.07, 6.45) is 0. The first-order valence-electron chi connectivity index (χ1n) is 11.1. The van der Waals surface area contributed by atoms with E-state index < -0.39 is 22.7 Å². The molecular weight excluding hydrogens is 589 g/mol. The van der Waals surface area contributed by atoms with Gasteiger partial charge in [-0.3, -0.25) is 10.1 Å². The molecule has 2 aromatic carbocycles. The molecule has 0 radical (unpaired) electrons. The van der Waals surface area contributed by atoms with E-state index in [0.29, 0.717) is 27.3 Å². The Kier molecular flexibility index (Phi) is 12.3. The standard InChI is InChI=1S/C13H11ClO5.C7H7ClO2.C6H5NO5/c1-16-9-4-3-8(14)7-11(9)19-12-6-5-10(18-12)13(15)17-2;1-10-7-3-2-5(8)4-6(7)9;1-11-6(8)4-2-3-5(12-4)7(9)10/h3-7H,1-2H3;2-4,9H,1H3;2-3H,1H3. The quantitative estimate of drug-likeness (QED) is 0.136. The summed E-state index contributed by atoms with van der Waals surface area (Å²) in [7, 11) is 5.43. The van der Waals surface area contributed by atoms with Crippen LogP contribution in [0.15, 0.2) is 69.5 Å². The SMILES string of the molecule is COC(=O)c1ccc(Oc2cc(Cl)ccc2OC)o1.COC(=O)c1ccc([N+](=O)[O-])o1.COc1ccc(Cl)cc1O. The molecule has 0 spiro atoms. The van der Waals surface area contributed by atoms with Crippen LogP contribution in [-0.2, 0) is 9.47 Å². The van der Waals surface area contributed by atoms with Crippen molar-refractivity contribution in [3.05, 3.63) is 92.3 Å². The van der Waals surface area contributed by atoms with Crippen molar-refractivity contribution in [1.82, 2.24) is 0 Å². The molecule has 218 valence electrons. The summed E-state index contributed by atoms with van der Waals surface area (Å²) in [5.74, 6) is -0.379. The molecule has 0 aliphatic rings. The summed E-state index contributed by atoms with van der Waals surface area (Å²) in [6.45, 7) is 0. The smallest absolute Gasteiger partial charge is 0.433 e. The number of carbonyl (C=O) groups excluding carboxylic acids is 2. The highest BCUT2D eigenvalue weighted by Gasteiger charge is 2.17. The minimum atomic E-state index is -0.733. The van der Waals surface area contributed by atoms with Gasteiger partial charge in [-0.25, -0.2) is 9.59 Å². The minimum absolute atomic E-state index is 0.0542. The van der Waals surface area contributed by atoms with E-state index >= 15 is 0 Å². The van der Waals surface area contributed by atoms with E-state index in [2.05, 4.69) is 13.9 Å². The number of phenolic OH excluding ortho intramolecular Hbond substituents is 1. The van der Waals surface area contributed by atoms with Gasteiger partial charge in [-0.05, 0) is 36.4 Å². The Morgan fingerprint density at radius 1 is 0.756 bits per heavy atom. The van der Waals surface area contributed by atoms with E-state index in [-0.39, 0.29) is 23.2 Å². The molecule has 0 amide bonds. The van der Waals surface area contributed by atoms with Crippen LogP contribution < -0.4 is 14.2 Å². The lowest BCUT2D eigenvalue weighted by Gasteiger charge is -2.08. The molecule has 0 unspecified atom stereocenters. The Bertz CT molecular complexity index is 1480. The second-order valence-corrected chi connectivity index (χ2v) is 8.08. The fourth-order valence-corrected chi connectivity index (χ4v) is 3.05. The molecule has 4 aromatic rings. The second kappa shape index (κ2) is 15.6. The van der Waals surface area contributed by atoms with Crippen LogP contribution in [0, 0.1) is 10.1 Å². The van der Waals surface area contributed by atoms with E-state index in [0.717, 1.165) is 13.2 Å². The van der Waals surface area contributed by atoms with Gasteiger partial charge in [0.15, 0.2) is 23.0 Å². The molecule has 2 heterocycles. The topological polar surface area (TPSA) is 170 Å². The number of phenols is 1. The average Bonchev–Trinajstić information content (AvgIpc) is 3.64. The fourth-order valence-electron chi connectivity index (χ4n) is 2.72. The Morgan fingerprint density at radius 2 is 1.29 bits per heavy atom. The van der Waals surface area contributed by atoms with Crippen molar-refractivity contribution in [2.45, 2.75) is 0 Å². The number of furan rings is 2. The maximum Gasteiger partial charge on any atom is 0.433 e. The normalized spacial score (nSPS) is 9.71. The number of carbonyl (C=O) groups is 2. The van der Waals surface area contributed by atoms with Crippen molar-refractivity contribution >= 4 is 41.0 Å². The minimum Gasteiger partial charge on any atom is -0.504 e. The molecule has 0 aliphatic carbocycles. The molecule has 0 saturated heterocycles. The van der Waals surface area contributed by atoms with Gasteiger partial charge in [-0.15, -0.1) is 0 Å². The average molecular weight is 612 g/mol. The molecule has 0 bridgehead atoms. The predicted octanol–water partition coefficient (Wildman–Crippen LogP) is 6.55. The number of ether oxygens (including phenoxy) is 5. The number of hydrogen-bond donors (Lipinski definition) is 1. The Balaban J connectivity index is 0.000000230. The summed E-state index contributed by atoms with van der Waals surface area (Å²) in [5, 5.41) is 20.2. The molecule has 4 rings (SSSR count). The van der Waals surface area contributed by atoms with Crippen LogP contribution in [0.2, 0.25) is 10.0 Å². The van der Waals surface area contributed by atoms with E-state index in [1.165, 1.54) is 45.6 Å². The lowest BCUT2D eigenvalue weighted by molar-refractivity contribution is -0.402. The molecule has 0 aliphatic heterocycles. The van der Waals surface area contributed by atoms with Crippen LogP contribution in [0.25, 0.3) is 0 Å². The maximum absolute atomic E-state index is 11.2. The largest absolute Gasteiger partial charge is 0.504 e. The molecule has 41 heavy (non-hydrogen) atoms. The predicted molar refractivity (Wildman–Crippen MR) is 144 cm³/mol. The van der Waals surface area contributed by atoms with Crippen LogP contribution in [-0.4, -0.2) is 50.4 Å². The first-order valence-corrected chi connectivity index (χ1v) is 11.8. The maximum atomic E-state index is 11.2. The second-order valence-electron chi connectivity index (χ2n) is 7.21. The van der Waals surface area contributed by atoms with Crippen LogP contribution in [0.5, 0.6) is 28.9 Å². The number of hydrogen-bond acceptors (Lipinski definition) is 12. The van der Waals surface area contributed by atoms with Crippen molar-refractivity contribution in [2.24, 2.45) is 0 Å². The van der Waals surface area contributed by atoms with Gasteiger partial charge < -0.3 is 37.6 Å². The number of methoxy groups -OCH3 is 4. The van der Waals surface area contributed by atoms with Gasteiger partial charge in [0.25, 0.3) is 5.95 Å². The monoisotopic (exact) mass is 611 g/mol. The summed E-state index contributed by atoms with van der Waals surface area (Å²) in [6, 6.07) is 14.9. The molecule has 0 fully saturated rings. The molecule has 0 atom stereocenters. The zero-order chi connectivity index (χ0) is 30.5. The number of rotatable bonds is 7. The van der Waals surface area contributed by atoms with E-state index in [1.807, 2.05) is 0 Å². The number of aromatic hydroxyl groups is 1. The summed E-state index contributed by atoms with van der Waals surface area (Å²) >= 11 is 11.4. The molecule has 0 saturated carbocycles. The number of esters is 2. The summed E-state index contributed by atoms with van der Waals surface area (Å²) < 4.78 is 33.9. The van der Waals surface area contributed by atoms with Gasteiger partial charge in [-0.2, -0.15) is 0 Å². The first kappa shape index (κ1) is 32.3. The highest BCUT2D eigenvalue weighted by Crippen LogP contribution is 2.34. The fraction of sp³-hybridized carbons (Fsp3) is 0.154. The lowest BCUT2D eigenvalue weighted by Crippen LogP contribution is -1.98. The highest BCUT2D eigenvalue weighted by atomic mass is 35.5. The van der Waals surface area contributed by atoms with Gasteiger partial charge in [0.1, 0.15) is 4.92 Å². The van der Waals surface area contributed by atoms with Crippen LogP contribution >= 0.6 is 23.2 Å². The van der Waals surface area contributed by atoms with Crippen LogP contribution in [0.1, 0.15) is 21.1 Å². The number of nitrogens with zero attached hydrogens (tertiary/aromatic N) is 1. The van der Waals surface area contributed by atoms with Gasteiger partial charge in [-0.1, -0.05) is 23.2 Å². The van der Waals surface area contributed by atoms with E-state index in [4.69, 9.17) is 46.9 Å². The molecule has 13 nitrogen and oxygen atoms in total. The van der Waals surface area contributed by atoms with Gasteiger partial charge in [0.05, 0.1) is 34.5 Å². The van der Waals surface area contributed by atoms with Crippen molar-refractivity contribution < 1.29 is 52.1 Å². The lowest BCUT2D eigenvalue weighted by atomic mass is 10.3. The van der Waals surface area contributed by atoms with Crippen LogP contribution in [0.3, 0.4) is 0 Å². The number of benzene rings is 2. The zero-order valence-corrected chi connectivity index (χ0v) is 23.4. The number of nitro groups is 1. The van der Waals surface area contributed by atoms with E-state index in [9.17, 15) is 19.7 Å². The Labute approximate surface area is 242 Å². The third-order valence-corrected chi connectivity index (χ3v) is 5.07. The van der Waals surface area contributed by atoms with Gasteiger partial charge in [0.2, 0.25) is 11.5 Å². The number of halogens is 2. The molecule has 15 heteroatoms.